The molecule has 4 nitrogen and oxygen atoms in total. The minimum absolute atomic E-state index is 0.0430. The first-order valence-corrected chi connectivity index (χ1v) is 6.04. The van der Waals surface area contributed by atoms with Crippen molar-refractivity contribution in [3.63, 3.8) is 0 Å². The van der Waals surface area contributed by atoms with Crippen LogP contribution in [0.2, 0.25) is 0 Å². The summed E-state index contributed by atoms with van der Waals surface area (Å²) in [5.74, 6) is 0.0430. The van der Waals surface area contributed by atoms with Gasteiger partial charge in [0.15, 0.2) is 0 Å². The summed E-state index contributed by atoms with van der Waals surface area (Å²) in [6.07, 6.45) is 2.13. The zero-order valence-electron chi connectivity index (χ0n) is 8.95. The number of amides is 1. The highest BCUT2D eigenvalue weighted by molar-refractivity contribution is 7.09. The third-order valence-electron chi connectivity index (χ3n) is 1.87. The summed E-state index contributed by atoms with van der Waals surface area (Å²) < 4.78 is 0. The molecule has 15 heavy (non-hydrogen) atoms. The normalized spacial score (nSPS) is 10.3. The van der Waals surface area contributed by atoms with Gasteiger partial charge in [-0.15, -0.1) is 11.3 Å². The molecule has 0 bridgehead atoms. The van der Waals surface area contributed by atoms with Gasteiger partial charge in [-0.2, -0.15) is 0 Å². The minimum Gasteiger partial charge on any atom is -0.356 e. The molecule has 5 heteroatoms. The lowest BCUT2D eigenvalue weighted by Gasteiger charge is -2.00. The molecule has 84 valence electrons. The average molecular weight is 227 g/mol. The number of nitrogens with two attached hydrogens (primary N) is 1. The molecule has 0 spiro atoms. The van der Waals surface area contributed by atoms with Crippen LogP contribution in [0.4, 0.5) is 0 Å². The summed E-state index contributed by atoms with van der Waals surface area (Å²) in [6.45, 7) is 3.37. The van der Waals surface area contributed by atoms with E-state index in [0.717, 1.165) is 30.1 Å². The Labute approximate surface area is 93.9 Å². The summed E-state index contributed by atoms with van der Waals surface area (Å²) in [6, 6.07) is 0. The van der Waals surface area contributed by atoms with Crippen molar-refractivity contribution in [1.29, 1.82) is 0 Å². The highest BCUT2D eigenvalue weighted by Gasteiger charge is 2.06. The van der Waals surface area contributed by atoms with Crippen molar-refractivity contribution in [2.45, 2.75) is 26.2 Å². The molecule has 0 fully saturated rings. The second-order valence-corrected chi connectivity index (χ2v) is 4.24. The van der Waals surface area contributed by atoms with E-state index in [-0.39, 0.29) is 5.91 Å². The molecule has 1 heterocycles. The number of rotatable bonds is 6. The van der Waals surface area contributed by atoms with Crippen LogP contribution in [-0.4, -0.2) is 24.0 Å². The summed E-state index contributed by atoms with van der Waals surface area (Å²) in [4.78, 5) is 15.7. The highest BCUT2D eigenvalue weighted by Crippen LogP contribution is 2.10. The van der Waals surface area contributed by atoms with Gasteiger partial charge in [-0.1, -0.05) is 6.92 Å². The van der Waals surface area contributed by atoms with Crippen LogP contribution in [0.15, 0.2) is 5.38 Å². The Hall–Kier alpha value is -0.940. The van der Waals surface area contributed by atoms with Crippen molar-refractivity contribution >= 4 is 17.2 Å². The fourth-order valence-electron chi connectivity index (χ4n) is 1.16. The number of nitrogens with one attached hydrogen (secondary N) is 1. The van der Waals surface area contributed by atoms with Gasteiger partial charge in [0, 0.05) is 18.3 Å². The molecular formula is C10H17N3OS. The summed E-state index contributed by atoms with van der Waals surface area (Å²) in [5.41, 5.74) is 6.27. The van der Waals surface area contributed by atoms with E-state index in [1.807, 2.05) is 12.3 Å². The molecule has 0 radical (unpaired) electrons. The number of nitrogens with zero attached hydrogens (tertiary/aromatic N) is 1. The fourth-order valence-corrected chi connectivity index (χ4v) is 1.97. The molecule has 0 saturated heterocycles. The topological polar surface area (TPSA) is 68.0 Å². The largest absolute Gasteiger partial charge is 0.356 e. The molecule has 0 aliphatic heterocycles. The summed E-state index contributed by atoms with van der Waals surface area (Å²) in [7, 11) is 0. The van der Waals surface area contributed by atoms with E-state index >= 15 is 0 Å². The van der Waals surface area contributed by atoms with Crippen LogP contribution in [0.25, 0.3) is 0 Å². The number of aromatic nitrogens is 1. The molecule has 0 aliphatic carbocycles. The first kappa shape index (κ1) is 12.1. The maximum Gasteiger partial charge on any atom is 0.226 e. The Kier molecular flexibility index (Phi) is 5.28. The van der Waals surface area contributed by atoms with Crippen molar-refractivity contribution in [3.8, 4) is 0 Å². The molecule has 1 amide bonds. The van der Waals surface area contributed by atoms with E-state index in [1.165, 1.54) is 0 Å². The van der Waals surface area contributed by atoms with Crippen LogP contribution in [0.5, 0.6) is 0 Å². The van der Waals surface area contributed by atoms with E-state index in [2.05, 4.69) is 10.3 Å². The van der Waals surface area contributed by atoms with E-state index in [0.29, 0.717) is 13.0 Å². The van der Waals surface area contributed by atoms with Crippen LogP contribution < -0.4 is 11.1 Å². The van der Waals surface area contributed by atoms with Crippen LogP contribution in [0, 0.1) is 0 Å². The molecular weight excluding hydrogens is 210 g/mol. The van der Waals surface area contributed by atoms with Crippen LogP contribution in [0.1, 0.15) is 24.0 Å². The van der Waals surface area contributed by atoms with E-state index in [4.69, 9.17) is 5.73 Å². The quantitative estimate of drug-likeness (QED) is 0.752. The van der Waals surface area contributed by atoms with Gasteiger partial charge in [0.25, 0.3) is 0 Å². The molecule has 0 aliphatic rings. The predicted molar refractivity (Wildman–Crippen MR) is 61.9 cm³/mol. The van der Waals surface area contributed by atoms with Crippen LogP contribution in [0.3, 0.4) is 0 Å². The lowest BCUT2D eigenvalue weighted by molar-refractivity contribution is -0.120. The SMILES string of the molecule is CCCNC(=O)Cc1csc(CCN)n1. The first-order valence-electron chi connectivity index (χ1n) is 5.16. The van der Waals surface area contributed by atoms with Gasteiger partial charge in [-0.3, -0.25) is 4.79 Å². The molecule has 0 saturated carbocycles. The highest BCUT2D eigenvalue weighted by atomic mass is 32.1. The molecule has 1 aromatic rings. The fraction of sp³-hybridized carbons (Fsp3) is 0.600. The zero-order chi connectivity index (χ0) is 11.1. The Morgan fingerprint density at radius 3 is 3.13 bits per heavy atom. The van der Waals surface area contributed by atoms with Crippen molar-refractivity contribution in [2.24, 2.45) is 5.73 Å². The smallest absolute Gasteiger partial charge is 0.226 e. The molecule has 0 atom stereocenters. The Morgan fingerprint density at radius 2 is 2.47 bits per heavy atom. The van der Waals surface area contributed by atoms with Crippen LogP contribution >= 0.6 is 11.3 Å². The third-order valence-corrected chi connectivity index (χ3v) is 2.83. The Bertz CT molecular complexity index is 311. The molecule has 3 N–H and O–H groups in total. The van der Waals surface area contributed by atoms with Gasteiger partial charge < -0.3 is 11.1 Å². The molecule has 0 unspecified atom stereocenters. The second kappa shape index (κ2) is 6.53. The number of carbonyl (C=O) groups is 1. The summed E-state index contributed by atoms with van der Waals surface area (Å²) in [5, 5.41) is 5.76. The zero-order valence-corrected chi connectivity index (χ0v) is 9.77. The van der Waals surface area contributed by atoms with E-state index in [1.54, 1.807) is 11.3 Å². The van der Waals surface area contributed by atoms with E-state index in [9.17, 15) is 4.79 Å². The van der Waals surface area contributed by atoms with E-state index < -0.39 is 0 Å². The first-order chi connectivity index (χ1) is 7.26. The molecule has 1 aromatic heterocycles. The van der Waals surface area contributed by atoms with Crippen molar-refractivity contribution in [3.05, 3.63) is 16.1 Å². The van der Waals surface area contributed by atoms with Crippen molar-refractivity contribution in [2.75, 3.05) is 13.1 Å². The average Bonchev–Trinajstić information content (AvgIpc) is 2.63. The van der Waals surface area contributed by atoms with Gasteiger partial charge in [0.2, 0.25) is 5.91 Å². The Balaban J connectivity index is 2.39. The lowest BCUT2D eigenvalue weighted by Crippen LogP contribution is -2.25. The third kappa shape index (κ3) is 4.40. The maximum absolute atomic E-state index is 11.4. The standard InChI is InChI=1S/C10H17N3OS/c1-2-5-12-9(14)6-8-7-15-10(13-8)3-4-11/h7H,2-6,11H2,1H3,(H,12,14). The minimum atomic E-state index is 0.0430. The second-order valence-electron chi connectivity index (χ2n) is 3.30. The van der Waals surface area contributed by atoms with Gasteiger partial charge >= 0.3 is 0 Å². The number of thiazole rings is 1. The predicted octanol–water partition coefficient (Wildman–Crippen LogP) is 0.713. The maximum atomic E-state index is 11.4. The Morgan fingerprint density at radius 1 is 1.67 bits per heavy atom. The number of carbonyl (C=O) groups excluding carboxylic acids is 1. The van der Waals surface area contributed by atoms with Gasteiger partial charge in [0.05, 0.1) is 17.1 Å². The summed E-state index contributed by atoms with van der Waals surface area (Å²) >= 11 is 1.57. The van der Waals surface area contributed by atoms with Gasteiger partial charge in [-0.25, -0.2) is 4.98 Å². The van der Waals surface area contributed by atoms with Crippen molar-refractivity contribution in [1.82, 2.24) is 10.3 Å². The van der Waals surface area contributed by atoms with Gasteiger partial charge in [-0.05, 0) is 13.0 Å². The monoisotopic (exact) mass is 227 g/mol. The van der Waals surface area contributed by atoms with Crippen LogP contribution in [-0.2, 0) is 17.6 Å². The lowest BCUT2D eigenvalue weighted by atomic mass is 10.3. The molecule has 1 rings (SSSR count). The number of hydrogen-bond acceptors (Lipinski definition) is 4. The van der Waals surface area contributed by atoms with Crippen molar-refractivity contribution < 1.29 is 4.79 Å². The number of hydrogen-bond donors (Lipinski definition) is 2. The van der Waals surface area contributed by atoms with Gasteiger partial charge in [0.1, 0.15) is 0 Å². The molecule has 0 aromatic carbocycles.